The molecule has 20 heavy (non-hydrogen) atoms. The van der Waals surface area contributed by atoms with Crippen molar-refractivity contribution in [3.63, 3.8) is 0 Å². The topological polar surface area (TPSA) is 44.5 Å². The van der Waals surface area contributed by atoms with Crippen molar-refractivity contribution in [1.82, 2.24) is 0 Å². The number of ether oxygens (including phenoxy) is 2. The summed E-state index contributed by atoms with van der Waals surface area (Å²) in [6.45, 7) is 3.72. The first-order valence-corrected chi connectivity index (χ1v) is 6.90. The van der Waals surface area contributed by atoms with E-state index in [9.17, 15) is 0 Å². The van der Waals surface area contributed by atoms with Gasteiger partial charge < -0.3 is 15.2 Å². The van der Waals surface area contributed by atoms with Crippen molar-refractivity contribution in [3.8, 4) is 11.5 Å². The largest absolute Gasteiger partial charge is 0.490 e. The fourth-order valence-corrected chi connectivity index (χ4v) is 2.02. The van der Waals surface area contributed by atoms with Gasteiger partial charge in [0.25, 0.3) is 0 Å². The van der Waals surface area contributed by atoms with Gasteiger partial charge in [-0.25, -0.2) is 0 Å². The number of nitrogens with two attached hydrogens (primary N) is 1. The third-order valence-electron chi connectivity index (χ3n) is 2.99. The van der Waals surface area contributed by atoms with Crippen LogP contribution >= 0.6 is 0 Å². The van der Waals surface area contributed by atoms with Gasteiger partial charge >= 0.3 is 0 Å². The maximum atomic E-state index is 5.76. The third kappa shape index (κ3) is 4.28. The van der Waals surface area contributed by atoms with Crippen molar-refractivity contribution >= 4 is 0 Å². The lowest BCUT2D eigenvalue weighted by Gasteiger charge is -2.11. The molecule has 2 aromatic rings. The summed E-state index contributed by atoms with van der Waals surface area (Å²) in [5.41, 5.74) is 7.93. The molecule has 2 N–H and O–H groups in total. The number of benzene rings is 2. The highest BCUT2D eigenvalue weighted by Gasteiger charge is 2.02. The Kier molecular flexibility index (Phi) is 5.44. The summed E-state index contributed by atoms with van der Waals surface area (Å²) in [6, 6.07) is 16.0. The Labute approximate surface area is 120 Å². The van der Waals surface area contributed by atoms with Gasteiger partial charge in [-0.1, -0.05) is 30.3 Å². The van der Waals surface area contributed by atoms with Gasteiger partial charge in [-0.3, -0.25) is 0 Å². The molecule has 0 spiro atoms. The Morgan fingerprint density at radius 2 is 1.75 bits per heavy atom. The van der Waals surface area contributed by atoms with E-state index in [0.717, 1.165) is 23.5 Å². The van der Waals surface area contributed by atoms with Crippen LogP contribution in [0.5, 0.6) is 11.5 Å². The molecule has 2 aromatic carbocycles. The molecule has 0 aliphatic rings. The van der Waals surface area contributed by atoms with Crippen molar-refractivity contribution in [1.29, 1.82) is 0 Å². The van der Waals surface area contributed by atoms with E-state index in [1.54, 1.807) is 0 Å². The zero-order chi connectivity index (χ0) is 14.2. The first kappa shape index (κ1) is 14.4. The van der Waals surface area contributed by atoms with E-state index in [1.165, 1.54) is 5.56 Å². The lowest BCUT2D eigenvalue weighted by atomic mass is 10.1. The Hall–Kier alpha value is -2.00. The van der Waals surface area contributed by atoms with E-state index < -0.39 is 0 Å². The van der Waals surface area contributed by atoms with Gasteiger partial charge in [-0.15, -0.1) is 0 Å². The van der Waals surface area contributed by atoms with Gasteiger partial charge in [0.2, 0.25) is 0 Å². The van der Waals surface area contributed by atoms with Gasteiger partial charge in [0, 0.05) is 0 Å². The van der Waals surface area contributed by atoms with Gasteiger partial charge in [0.15, 0.2) is 0 Å². The Balaban J connectivity index is 1.81. The normalized spacial score (nSPS) is 10.3. The molecule has 0 heterocycles. The third-order valence-corrected chi connectivity index (χ3v) is 2.99. The predicted molar refractivity (Wildman–Crippen MR) is 81.4 cm³/mol. The zero-order valence-corrected chi connectivity index (χ0v) is 11.8. The maximum absolute atomic E-state index is 5.76. The minimum atomic E-state index is 0.523. The van der Waals surface area contributed by atoms with Gasteiger partial charge in [0.05, 0.1) is 0 Å². The van der Waals surface area contributed by atoms with E-state index in [2.05, 4.69) is 0 Å². The quantitative estimate of drug-likeness (QED) is 0.787. The fraction of sp³-hybridized carbons (Fsp3) is 0.294. The number of aryl methyl sites for hydroxylation is 1. The summed E-state index contributed by atoms with van der Waals surface area (Å²) in [5.74, 6) is 1.77. The Morgan fingerprint density at radius 3 is 2.55 bits per heavy atom. The second-order valence-corrected chi connectivity index (χ2v) is 4.66. The molecule has 0 saturated carbocycles. The molecule has 2 rings (SSSR count). The zero-order valence-electron chi connectivity index (χ0n) is 11.8. The first-order valence-electron chi connectivity index (χ1n) is 6.90. The summed E-state index contributed by atoms with van der Waals surface area (Å²) < 4.78 is 11.4. The van der Waals surface area contributed by atoms with Crippen LogP contribution in [0.2, 0.25) is 0 Å². The molecule has 0 bridgehead atoms. The van der Waals surface area contributed by atoms with Crippen LogP contribution in [-0.2, 0) is 6.42 Å². The van der Waals surface area contributed by atoms with E-state index in [0.29, 0.717) is 19.8 Å². The van der Waals surface area contributed by atoms with Crippen LogP contribution < -0.4 is 15.2 Å². The Morgan fingerprint density at radius 1 is 0.950 bits per heavy atom. The summed E-state index contributed by atoms with van der Waals surface area (Å²) >= 11 is 0. The van der Waals surface area contributed by atoms with Crippen molar-refractivity contribution in [2.75, 3.05) is 19.8 Å². The molecule has 0 saturated heterocycles. The number of hydrogen-bond acceptors (Lipinski definition) is 3. The molecule has 106 valence electrons. The van der Waals surface area contributed by atoms with Crippen LogP contribution in [0, 0.1) is 6.92 Å². The molecule has 0 radical (unpaired) electrons. The van der Waals surface area contributed by atoms with E-state index in [1.807, 2.05) is 55.5 Å². The summed E-state index contributed by atoms with van der Waals surface area (Å²) in [6.07, 6.45) is 0.828. The van der Waals surface area contributed by atoms with Gasteiger partial charge in [-0.2, -0.15) is 0 Å². The maximum Gasteiger partial charge on any atom is 0.122 e. The number of rotatable bonds is 7. The molecular formula is C17H21NO2. The molecule has 0 amide bonds. The highest BCUT2D eigenvalue weighted by Crippen LogP contribution is 2.18. The SMILES string of the molecule is Cc1cccc(OCCOc2ccccc2CCN)c1. The van der Waals surface area contributed by atoms with E-state index >= 15 is 0 Å². The molecule has 0 aliphatic heterocycles. The Bertz CT molecular complexity index is 540. The highest BCUT2D eigenvalue weighted by molar-refractivity contribution is 5.33. The molecule has 0 aromatic heterocycles. The average molecular weight is 271 g/mol. The second kappa shape index (κ2) is 7.56. The van der Waals surface area contributed by atoms with Crippen molar-refractivity contribution in [2.24, 2.45) is 5.73 Å². The van der Waals surface area contributed by atoms with Crippen LogP contribution in [0.15, 0.2) is 48.5 Å². The van der Waals surface area contributed by atoms with Crippen LogP contribution in [0.4, 0.5) is 0 Å². The summed E-state index contributed by atoms with van der Waals surface area (Å²) in [5, 5.41) is 0. The number of para-hydroxylation sites is 1. The minimum absolute atomic E-state index is 0.523. The van der Waals surface area contributed by atoms with Crippen molar-refractivity contribution in [3.05, 3.63) is 59.7 Å². The number of hydrogen-bond donors (Lipinski definition) is 1. The van der Waals surface area contributed by atoms with Gasteiger partial charge in [-0.05, 0) is 49.2 Å². The smallest absolute Gasteiger partial charge is 0.122 e. The van der Waals surface area contributed by atoms with Crippen molar-refractivity contribution < 1.29 is 9.47 Å². The fourth-order valence-electron chi connectivity index (χ4n) is 2.02. The van der Waals surface area contributed by atoms with Crippen LogP contribution in [0.25, 0.3) is 0 Å². The molecular weight excluding hydrogens is 250 g/mol. The minimum Gasteiger partial charge on any atom is -0.490 e. The van der Waals surface area contributed by atoms with Crippen LogP contribution in [0.3, 0.4) is 0 Å². The summed E-state index contributed by atoms with van der Waals surface area (Å²) in [7, 11) is 0. The van der Waals surface area contributed by atoms with E-state index in [-0.39, 0.29) is 0 Å². The first-order chi connectivity index (χ1) is 9.79. The molecule has 0 atom stereocenters. The lowest BCUT2D eigenvalue weighted by Crippen LogP contribution is -2.11. The predicted octanol–water partition coefficient (Wildman–Crippen LogP) is 2.95. The average Bonchev–Trinajstić information content (AvgIpc) is 2.46. The molecule has 0 unspecified atom stereocenters. The second-order valence-electron chi connectivity index (χ2n) is 4.66. The molecule has 3 heteroatoms. The van der Waals surface area contributed by atoms with Crippen LogP contribution in [-0.4, -0.2) is 19.8 Å². The van der Waals surface area contributed by atoms with Crippen LogP contribution in [0.1, 0.15) is 11.1 Å². The molecule has 0 aliphatic carbocycles. The molecule has 3 nitrogen and oxygen atoms in total. The highest BCUT2D eigenvalue weighted by atomic mass is 16.5. The standard InChI is InChI=1S/C17H21NO2/c1-14-5-4-7-16(13-14)19-11-12-20-17-8-3-2-6-15(17)9-10-18/h2-8,13H,9-12,18H2,1H3. The summed E-state index contributed by atoms with van der Waals surface area (Å²) in [4.78, 5) is 0. The van der Waals surface area contributed by atoms with Crippen molar-refractivity contribution in [2.45, 2.75) is 13.3 Å². The van der Waals surface area contributed by atoms with Gasteiger partial charge in [0.1, 0.15) is 24.7 Å². The monoisotopic (exact) mass is 271 g/mol. The molecule has 0 fully saturated rings. The lowest BCUT2D eigenvalue weighted by molar-refractivity contribution is 0.216. The van der Waals surface area contributed by atoms with E-state index in [4.69, 9.17) is 15.2 Å².